The lowest BCUT2D eigenvalue weighted by Crippen LogP contribution is -2.50. The lowest BCUT2D eigenvalue weighted by molar-refractivity contribution is -0.139. The van der Waals surface area contributed by atoms with Crippen molar-refractivity contribution in [2.24, 2.45) is 0 Å². The number of hydrogen-bond donors (Lipinski definition) is 1. The maximum Gasteiger partial charge on any atom is 0.242 e. The summed E-state index contributed by atoms with van der Waals surface area (Å²) in [5.41, 5.74) is 0. The monoisotopic (exact) mass is 268 g/mol. The molecule has 1 aliphatic heterocycles. The van der Waals surface area contributed by atoms with E-state index in [1.54, 1.807) is 0 Å². The molecular formula is C15H28N2O2. The highest BCUT2D eigenvalue weighted by Gasteiger charge is 2.36. The molecule has 0 aromatic rings. The van der Waals surface area contributed by atoms with Gasteiger partial charge in [0.1, 0.15) is 6.04 Å². The van der Waals surface area contributed by atoms with Crippen LogP contribution < -0.4 is 0 Å². The van der Waals surface area contributed by atoms with Crippen LogP contribution in [-0.4, -0.2) is 59.1 Å². The van der Waals surface area contributed by atoms with Gasteiger partial charge in [-0.3, -0.25) is 9.69 Å². The number of carbonyl (C=O) groups is 1. The van der Waals surface area contributed by atoms with Crippen LogP contribution >= 0.6 is 0 Å². The molecule has 0 spiro atoms. The molecule has 1 saturated heterocycles. The number of nitrogens with zero attached hydrogens (tertiary/aromatic N) is 2. The summed E-state index contributed by atoms with van der Waals surface area (Å²) in [4.78, 5) is 16.8. The van der Waals surface area contributed by atoms with E-state index in [2.05, 4.69) is 11.8 Å². The number of aliphatic hydroxyl groups is 1. The number of aliphatic hydroxyl groups excluding tert-OH is 1. The van der Waals surface area contributed by atoms with Crippen molar-refractivity contribution in [3.63, 3.8) is 0 Å². The summed E-state index contributed by atoms with van der Waals surface area (Å²) >= 11 is 0. The maximum atomic E-state index is 12.7. The molecule has 2 unspecified atom stereocenters. The Morgan fingerprint density at radius 2 is 1.79 bits per heavy atom. The highest BCUT2D eigenvalue weighted by molar-refractivity contribution is 5.82. The zero-order valence-electron chi connectivity index (χ0n) is 12.3. The predicted molar refractivity (Wildman–Crippen MR) is 75.9 cm³/mol. The second kappa shape index (κ2) is 6.71. The van der Waals surface area contributed by atoms with Crippen LogP contribution in [0.2, 0.25) is 0 Å². The van der Waals surface area contributed by atoms with Gasteiger partial charge >= 0.3 is 0 Å². The second-order valence-electron chi connectivity index (χ2n) is 6.18. The summed E-state index contributed by atoms with van der Waals surface area (Å²) in [6.45, 7) is 2.93. The Hall–Kier alpha value is -0.610. The van der Waals surface area contributed by atoms with Crippen molar-refractivity contribution in [1.29, 1.82) is 0 Å². The first-order valence-corrected chi connectivity index (χ1v) is 7.78. The highest BCUT2D eigenvalue weighted by Crippen LogP contribution is 2.25. The van der Waals surface area contributed by atoms with Crippen molar-refractivity contribution in [1.82, 2.24) is 9.80 Å². The minimum absolute atomic E-state index is 0.0666. The molecule has 0 aromatic carbocycles. The van der Waals surface area contributed by atoms with Gasteiger partial charge < -0.3 is 10.0 Å². The first-order valence-electron chi connectivity index (χ1n) is 7.78. The van der Waals surface area contributed by atoms with Crippen molar-refractivity contribution < 1.29 is 9.90 Å². The molecule has 1 aliphatic carbocycles. The van der Waals surface area contributed by atoms with Crippen molar-refractivity contribution in [2.75, 3.05) is 20.2 Å². The summed E-state index contributed by atoms with van der Waals surface area (Å²) < 4.78 is 0. The first kappa shape index (κ1) is 14.8. The molecule has 4 nitrogen and oxygen atoms in total. The number of hydrogen-bond acceptors (Lipinski definition) is 3. The van der Waals surface area contributed by atoms with Crippen LogP contribution in [0.15, 0.2) is 0 Å². The molecule has 1 amide bonds. The Labute approximate surface area is 116 Å². The van der Waals surface area contributed by atoms with Crippen LogP contribution in [0.5, 0.6) is 0 Å². The maximum absolute atomic E-state index is 12.7. The highest BCUT2D eigenvalue weighted by atomic mass is 16.3. The SMILES string of the molecule is CC1CCN(C2CCCCCC2)C(=O)C(CO)N1C. The van der Waals surface area contributed by atoms with Gasteiger partial charge in [0.15, 0.2) is 0 Å². The lowest BCUT2D eigenvalue weighted by atomic mass is 10.1. The molecule has 4 heteroatoms. The molecule has 2 atom stereocenters. The summed E-state index contributed by atoms with van der Waals surface area (Å²) in [6.07, 6.45) is 8.38. The van der Waals surface area contributed by atoms with Crippen LogP contribution in [-0.2, 0) is 4.79 Å². The van der Waals surface area contributed by atoms with Crippen LogP contribution in [0.4, 0.5) is 0 Å². The number of amides is 1. The zero-order valence-corrected chi connectivity index (χ0v) is 12.3. The topological polar surface area (TPSA) is 43.8 Å². The molecule has 1 N–H and O–H groups in total. The Kier molecular flexibility index (Phi) is 5.22. The Morgan fingerprint density at radius 3 is 2.37 bits per heavy atom. The lowest BCUT2D eigenvalue weighted by Gasteiger charge is -2.33. The zero-order chi connectivity index (χ0) is 13.8. The summed E-state index contributed by atoms with van der Waals surface area (Å²) in [7, 11) is 1.96. The molecular weight excluding hydrogens is 240 g/mol. The average molecular weight is 268 g/mol. The van der Waals surface area contributed by atoms with E-state index in [9.17, 15) is 9.90 Å². The van der Waals surface area contributed by atoms with E-state index >= 15 is 0 Å². The minimum Gasteiger partial charge on any atom is -0.394 e. The average Bonchev–Trinajstić information content (AvgIpc) is 2.72. The Morgan fingerprint density at radius 1 is 1.16 bits per heavy atom. The van der Waals surface area contributed by atoms with Crippen LogP contribution in [0.1, 0.15) is 51.9 Å². The molecule has 0 radical (unpaired) electrons. The quantitative estimate of drug-likeness (QED) is 0.774. The number of rotatable bonds is 2. The van der Waals surface area contributed by atoms with Crippen molar-refractivity contribution in [3.8, 4) is 0 Å². The molecule has 2 rings (SSSR count). The second-order valence-corrected chi connectivity index (χ2v) is 6.18. The van der Waals surface area contributed by atoms with E-state index in [1.807, 2.05) is 11.9 Å². The van der Waals surface area contributed by atoms with Crippen LogP contribution in [0.3, 0.4) is 0 Å². The number of likely N-dealkylation sites (N-methyl/N-ethyl adjacent to an activating group) is 1. The largest absolute Gasteiger partial charge is 0.394 e. The standard InChI is InChI=1S/C15H28N2O2/c1-12-9-10-17(13-7-5-3-4-6-8-13)15(19)14(11-18)16(12)2/h12-14,18H,3-11H2,1-2H3. The molecule has 2 fully saturated rings. The summed E-state index contributed by atoms with van der Waals surface area (Å²) in [5, 5.41) is 9.56. The van der Waals surface area contributed by atoms with Crippen molar-refractivity contribution in [3.05, 3.63) is 0 Å². The third kappa shape index (κ3) is 3.29. The molecule has 110 valence electrons. The van der Waals surface area contributed by atoms with Gasteiger partial charge in [0.25, 0.3) is 0 Å². The van der Waals surface area contributed by atoms with Gasteiger partial charge in [0.05, 0.1) is 6.61 Å². The van der Waals surface area contributed by atoms with E-state index < -0.39 is 0 Å². The molecule has 2 aliphatic rings. The Bertz CT molecular complexity index is 301. The third-order valence-corrected chi connectivity index (χ3v) is 4.98. The van der Waals surface area contributed by atoms with Gasteiger partial charge in [-0.15, -0.1) is 0 Å². The Balaban J connectivity index is 2.12. The van der Waals surface area contributed by atoms with Crippen molar-refractivity contribution in [2.45, 2.75) is 70.0 Å². The molecule has 1 saturated carbocycles. The minimum atomic E-state index is -0.347. The smallest absolute Gasteiger partial charge is 0.242 e. The van der Waals surface area contributed by atoms with Gasteiger partial charge in [-0.2, -0.15) is 0 Å². The molecule has 0 aromatic heterocycles. The van der Waals surface area contributed by atoms with Gasteiger partial charge in [0, 0.05) is 18.6 Å². The fraction of sp³-hybridized carbons (Fsp3) is 0.933. The van der Waals surface area contributed by atoms with Gasteiger partial charge in [-0.05, 0) is 33.2 Å². The summed E-state index contributed by atoms with van der Waals surface area (Å²) in [5.74, 6) is 0.140. The fourth-order valence-corrected chi connectivity index (χ4v) is 3.45. The molecule has 1 heterocycles. The van der Waals surface area contributed by atoms with Crippen LogP contribution in [0, 0.1) is 0 Å². The predicted octanol–water partition coefficient (Wildman–Crippen LogP) is 1.62. The third-order valence-electron chi connectivity index (χ3n) is 4.98. The van der Waals surface area contributed by atoms with E-state index in [0.717, 1.165) is 25.8 Å². The van der Waals surface area contributed by atoms with Crippen LogP contribution in [0.25, 0.3) is 0 Å². The normalized spacial score (nSPS) is 32.2. The van der Waals surface area contributed by atoms with E-state index in [1.165, 1.54) is 25.7 Å². The van der Waals surface area contributed by atoms with E-state index in [-0.39, 0.29) is 18.6 Å². The van der Waals surface area contributed by atoms with E-state index in [0.29, 0.717) is 12.1 Å². The number of carbonyl (C=O) groups excluding carboxylic acids is 1. The van der Waals surface area contributed by atoms with Gasteiger partial charge in [-0.25, -0.2) is 0 Å². The van der Waals surface area contributed by atoms with Crippen molar-refractivity contribution >= 4 is 5.91 Å². The summed E-state index contributed by atoms with van der Waals surface area (Å²) in [6, 6.07) is 0.417. The van der Waals surface area contributed by atoms with Gasteiger partial charge in [0.2, 0.25) is 5.91 Å². The van der Waals surface area contributed by atoms with E-state index in [4.69, 9.17) is 0 Å². The molecule has 19 heavy (non-hydrogen) atoms. The van der Waals surface area contributed by atoms with Gasteiger partial charge in [-0.1, -0.05) is 25.7 Å². The fourth-order valence-electron chi connectivity index (χ4n) is 3.45. The molecule has 0 bridgehead atoms. The first-order chi connectivity index (χ1) is 9.15.